The summed E-state index contributed by atoms with van der Waals surface area (Å²) in [5.74, 6) is -1.01. The predicted molar refractivity (Wildman–Crippen MR) is 44.7 cm³/mol. The van der Waals surface area contributed by atoms with Crippen LogP contribution in [0.15, 0.2) is 29.4 Å². The van der Waals surface area contributed by atoms with Crippen molar-refractivity contribution in [2.45, 2.75) is 13.8 Å². The molecule has 0 aromatic heterocycles. The summed E-state index contributed by atoms with van der Waals surface area (Å²) in [4.78, 5) is 14.1. The van der Waals surface area contributed by atoms with Gasteiger partial charge < -0.3 is 5.11 Å². The van der Waals surface area contributed by atoms with E-state index in [1.54, 1.807) is 26.0 Å². The highest BCUT2D eigenvalue weighted by atomic mass is 16.4. The number of rotatable bonds is 3. The minimum absolute atomic E-state index is 0.0469. The fraction of sp³-hybridized carbons (Fsp3) is 0.250. The Morgan fingerprint density at radius 2 is 2.00 bits per heavy atom. The Hall–Kier alpha value is -1.38. The molecule has 0 rings (SSSR count). The van der Waals surface area contributed by atoms with Gasteiger partial charge in [-0.3, -0.25) is 0 Å². The molecule has 0 radical (unpaired) electrons. The van der Waals surface area contributed by atoms with E-state index in [0.717, 1.165) is 0 Å². The van der Waals surface area contributed by atoms with Crippen molar-refractivity contribution in [3.05, 3.63) is 24.4 Å². The number of carbonyl (C=O) groups is 1. The quantitative estimate of drug-likeness (QED) is 0.626. The van der Waals surface area contributed by atoms with E-state index in [4.69, 9.17) is 5.11 Å². The first kappa shape index (κ1) is 9.62. The molecule has 0 saturated carbocycles. The molecular formula is C8H11NO2. The highest BCUT2D eigenvalue weighted by Gasteiger charge is 2.01. The lowest BCUT2D eigenvalue weighted by molar-refractivity contribution is -0.129. The highest BCUT2D eigenvalue weighted by molar-refractivity contribution is 6.40. The molecule has 3 heteroatoms. The molecule has 0 aromatic rings. The number of aliphatic imine (C=N–C) groups is 1. The van der Waals surface area contributed by atoms with Gasteiger partial charge in [0, 0.05) is 6.20 Å². The van der Waals surface area contributed by atoms with Crippen LogP contribution < -0.4 is 0 Å². The molecule has 0 aromatic carbocycles. The third-order valence-electron chi connectivity index (χ3n) is 0.906. The van der Waals surface area contributed by atoms with Gasteiger partial charge in [-0.2, -0.15) is 0 Å². The summed E-state index contributed by atoms with van der Waals surface area (Å²) >= 11 is 0. The van der Waals surface area contributed by atoms with Crippen molar-refractivity contribution in [2.75, 3.05) is 0 Å². The third-order valence-corrected chi connectivity index (χ3v) is 0.906. The minimum atomic E-state index is -1.01. The van der Waals surface area contributed by atoms with Crippen LogP contribution in [0.5, 0.6) is 0 Å². The van der Waals surface area contributed by atoms with E-state index in [2.05, 4.69) is 4.99 Å². The van der Waals surface area contributed by atoms with Crippen molar-refractivity contribution in [3.63, 3.8) is 0 Å². The summed E-state index contributed by atoms with van der Waals surface area (Å²) < 4.78 is 0. The molecule has 11 heavy (non-hydrogen) atoms. The van der Waals surface area contributed by atoms with Gasteiger partial charge in [-0.05, 0) is 19.9 Å². The Kier molecular flexibility index (Phi) is 4.73. The summed E-state index contributed by atoms with van der Waals surface area (Å²) in [7, 11) is 0. The van der Waals surface area contributed by atoms with Crippen molar-refractivity contribution in [1.82, 2.24) is 0 Å². The first-order chi connectivity index (χ1) is 5.22. The summed E-state index contributed by atoms with van der Waals surface area (Å²) in [5.41, 5.74) is 0.0469. The number of nitrogens with zero attached hydrogens (tertiary/aromatic N) is 1. The van der Waals surface area contributed by atoms with Crippen molar-refractivity contribution in [2.24, 2.45) is 4.99 Å². The average Bonchev–Trinajstić information content (AvgIpc) is 1.97. The number of allylic oxidation sites excluding steroid dienone is 2. The fourth-order valence-electron chi connectivity index (χ4n) is 0.482. The smallest absolute Gasteiger partial charge is 0.354 e. The maximum Gasteiger partial charge on any atom is 0.354 e. The van der Waals surface area contributed by atoms with Gasteiger partial charge in [0.1, 0.15) is 5.71 Å². The molecule has 0 aliphatic carbocycles. The second kappa shape index (κ2) is 5.41. The summed E-state index contributed by atoms with van der Waals surface area (Å²) in [6.07, 6.45) is 6.20. The molecule has 0 unspecified atom stereocenters. The van der Waals surface area contributed by atoms with E-state index in [1.165, 1.54) is 12.3 Å². The maximum atomic E-state index is 10.4. The van der Waals surface area contributed by atoms with Crippen LogP contribution in [0.4, 0.5) is 0 Å². The third kappa shape index (κ3) is 4.08. The number of carboxylic acid groups (broad SMARTS) is 1. The lowest BCUT2D eigenvalue weighted by atomic mass is 10.3. The number of carboxylic acids is 1. The molecule has 0 aliphatic rings. The van der Waals surface area contributed by atoms with Gasteiger partial charge in [-0.15, -0.1) is 0 Å². The summed E-state index contributed by atoms with van der Waals surface area (Å²) in [6.45, 7) is 3.52. The second-order valence-corrected chi connectivity index (χ2v) is 1.80. The first-order valence-corrected chi connectivity index (χ1v) is 3.27. The monoisotopic (exact) mass is 153 g/mol. The van der Waals surface area contributed by atoms with Crippen LogP contribution in [0.1, 0.15) is 13.8 Å². The van der Waals surface area contributed by atoms with Crippen LogP contribution in [0.3, 0.4) is 0 Å². The van der Waals surface area contributed by atoms with Crippen molar-refractivity contribution >= 4 is 11.7 Å². The molecular weight excluding hydrogens is 142 g/mol. The molecule has 0 aliphatic heterocycles. The summed E-state index contributed by atoms with van der Waals surface area (Å²) in [6, 6.07) is 0. The molecule has 0 fully saturated rings. The topological polar surface area (TPSA) is 49.7 Å². The zero-order valence-corrected chi connectivity index (χ0v) is 6.61. The molecule has 0 bridgehead atoms. The molecule has 0 atom stereocenters. The fourth-order valence-corrected chi connectivity index (χ4v) is 0.482. The van der Waals surface area contributed by atoms with Crippen LogP contribution in [-0.4, -0.2) is 16.8 Å². The second-order valence-electron chi connectivity index (χ2n) is 1.80. The molecule has 0 heterocycles. The molecule has 3 nitrogen and oxygen atoms in total. The number of aliphatic carboxylic acids is 1. The van der Waals surface area contributed by atoms with Crippen LogP contribution in [0.25, 0.3) is 0 Å². The van der Waals surface area contributed by atoms with Gasteiger partial charge in [-0.1, -0.05) is 12.2 Å². The van der Waals surface area contributed by atoms with Crippen molar-refractivity contribution in [1.29, 1.82) is 0 Å². The first-order valence-electron chi connectivity index (χ1n) is 3.27. The van der Waals surface area contributed by atoms with Crippen LogP contribution >= 0.6 is 0 Å². The Bertz CT molecular complexity index is 214. The van der Waals surface area contributed by atoms with Gasteiger partial charge in [0.25, 0.3) is 0 Å². The largest absolute Gasteiger partial charge is 0.477 e. The number of hydrogen-bond donors (Lipinski definition) is 1. The van der Waals surface area contributed by atoms with Gasteiger partial charge in [0.15, 0.2) is 0 Å². The normalized spacial score (nSPS) is 13.1. The van der Waals surface area contributed by atoms with E-state index in [9.17, 15) is 4.79 Å². The standard InChI is InChI=1S/C8H11NO2/c1-3-5-7(8(10)11)9-6-4-2/h3-6H,1-2H3,(H,10,11)/b5-3-,6-4-,9-7+. The van der Waals surface area contributed by atoms with Gasteiger partial charge >= 0.3 is 5.97 Å². The van der Waals surface area contributed by atoms with E-state index < -0.39 is 5.97 Å². The lowest BCUT2D eigenvalue weighted by Gasteiger charge is -1.88. The molecule has 0 amide bonds. The molecule has 0 spiro atoms. The van der Waals surface area contributed by atoms with Gasteiger partial charge in [0.05, 0.1) is 0 Å². The molecule has 0 saturated heterocycles. The van der Waals surface area contributed by atoms with Crippen molar-refractivity contribution in [3.8, 4) is 0 Å². The van der Waals surface area contributed by atoms with E-state index >= 15 is 0 Å². The lowest BCUT2D eigenvalue weighted by Crippen LogP contribution is -2.08. The van der Waals surface area contributed by atoms with Gasteiger partial charge in [0.2, 0.25) is 0 Å². The molecule has 1 N–H and O–H groups in total. The Balaban J connectivity index is 4.45. The Morgan fingerprint density at radius 3 is 2.36 bits per heavy atom. The van der Waals surface area contributed by atoms with Crippen molar-refractivity contribution < 1.29 is 9.90 Å². The summed E-state index contributed by atoms with van der Waals surface area (Å²) in [5, 5.41) is 8.52. The van der Waals surface area contributed by atoms with Crippen LogP contribution in [0, 0.1) is 0 Å². The Labute approximate surface area is 65.8 Å². The van der Waals surface area contributed by atoms with E-state index in [1.807, 2.05) is 0 Å². The van der Waals surface area contributed by atoms with Crippen LogP contribution in [-0.2, 0) is 4.79 Å². The SMILES string of the molecule is C\C=C/N=C(\C=C/C)C(=O)O. The van der Waals surface area contributed by atoms with Gasteiger partial charge in [-0.25, -0.2) is 9.79 Å². The predicted octanol–water partition coefficient (Wildman–Crippen LogP) is 1.62. The van der Waals surface area contributed by atoms with E-state index in [0.29, 0.717) is 0 Å². The molecule has 60 valence electrons. The zero-order valence-electron chi connectivity index (χ0n) is 6.61. The maximum absolute atomic E-state index is 10.4. The van der Waals surface area contributed by atoms with E-state index in [-0.39, 0.29) is 5.71 Å². The number of hydrogen-bond acceptors (Lipinski definition) is 2. The minimum Gasteiger partial charge on any atom is -0.477 e. The van der Waals surface area contributed by atoms with Crippen LogP contribution in [0.2, 0.25) is 0 Å². The average molecular weight is 153 g/mol. The highest BCUT2D eigenvalue weighted by Crippen LogP contribution is 1.85. The Morgan fingerprint density at radius 1 is 1.36 bits per heavy atom. The zero-order chi connectivity index (χ0) is 8.69.